The molecule has 0 saturated carbocycles. The van der Waals surface area contributed by atoms with Gasteiger partial charge in [-0.05, 0) is 37.7 Å². The van der Waals surface area contributed by atoms with E-state index in [1.807, 2.05) is 19.2 Å². The third-order valence-electron chi connectivity index (χ3n) is 4.52. The first-order valence-electron chi connectivity index (χ1n) is 9.30. The van der Waals surface area contributed by atoms with E-state index < -0.39 is 0 Å². The van der Waals surface area contributed by atoms with E-state index >= 15 is 0 Å². The molecule has 0 bridgehead atoms. The Labute approximate surface area is 151 Å². The Morgan fingerprint density at radius 2 is 2.24 bits per heavy atom. The number of nitrogens with zero attached hydrogens (tertiary/aromatic N) is 3. The highest BCUT2D eigenvalue weighted by Crippen LogP contribution is 2.18. The van der Waals surface area contributed by atoms with Crippen LogP contribution in [0.2, 0.25) is 0 Å². The van der Waals surface area contributed by atoms with Crippen molar-refractivity contribution in [2.75, 3.05) is 40.5 Å². The molecule has 140 valence electrons. The number of ether oxygens (including phenoxy) is 2. The molecule has 0 spiro atoms. The first kappa shape index (κ1) is 19.5. The summed E-state index contributed by atoms with van der Waals surface area (Å²) in [6.07, 6.45) is 6.27. The molecule has 1 aromatic heterocycles. The van der Waals surface area contributed by atoms with Crippen molar-refractivity contribution in [3.05, 3.63) is 23.9 Å². The zero-order valence-corrected chi connectivity index (χ0v) is 15.8. The largest absolute Gasteiger partial charge is 0.477 e. The van der Waals surface area contributed by atoms with E-state index in [4.69, 9.17) is 9.47 Å². The molecule has 6 heteroatoms. The van der Waals surface area contributed by atoms with E-state index in [2.05, 4.69) is 34.2 Å². The highest BCUT2D eigenvalue weighted by Gasteiger charge is 2.15. The van der Waals surface area contributed by atoms with Crippen LogP contribution in [0.15, 0.2) is 23.3 Å². The van der Waals surface area contributed by atoms with E-state index in [-0.39, 0.29) is 0 Å². The van der Waals surface area contributed by atoms with Gasteiger partial charge in [0.2, 0.25) is 5.88 Å². The van der Waals surface area contributed by atoms with E-state index in [0.29, 0.717) is 19.0 Å². The van der Waals surface area contributed by atoms with Gasteiger partial charge in [-0.3, -0.25) is 4.99 Å². The quantitative estimate of drug-likeness (QED) is 0.578. The normalized spacial score (nSPS) is 15.9. The molecule has 1 N–H and O–H groups in total. The van der Waals surface area contributed by atoms with E-state index in [9.17, 15) is 0 Å². The number of nitrogens with one attached hydrogen (secondary N) is 1. The first-order chi connectivity index (χ1) is 12.2. The van der Waals surface area contributed by atoms with Crippen molar-refractivity contribution in [1.29, 1.82) is 0 Å². The third-order valence-corrected chi connectivity index (χ3v) is 4.52. The van der Waals surface area contributed by atoms with Gasteiger partial charge >= 0.3 is 0 Å². The van der Waals surface area contributed by atoms with Crippen LogP contribution in [0.3, 0.4) is 0 Å². The Balaban J connectivity index is 1.83. The van der Waals surface area contributed by atoms with Gasteiger partial charge in [-0.25, -0.2) is 4.98 Å². The van der Waals surface area contributed by atoms with Gasteiger partial charge in [-0.15, -0.1) is 0 Å². The van der Waals surface area contributed by atoms with Gasteiger partial charge in [0.15, 0.2) is 5.96 Å². The van der Waals surface area contributed by atoms with Gasteiger partial charge in [-0.1, -0.05) is 13.0 Å². The van der Waals surface area contributed by atoms with Crippen LogP contribution >= 0.6 is 0 Å². The Morgan fingerprint density at radius 3 is 2.96 bits per heavy atom. The molecule has 0 amide bonds. The number of hydrogen-bond acceptors (Lipinski definition) is 4. The third kappa shape index (κ3) is 6.53. The molecule has 6 nitrogen and oxygen atoms in total. The van der Waals surface area contributed by atoms with Crippen LogP contribution < -0.4 is 10.1 Å². The minimum atomic E-state index is 0.654. The molecule has 1 saturated heterocycles. The zero-order chi connectivity index (χ0) is 17.9. The number of aromatic nitrogens is 1. The van der Waals surface area contributed by atoms with Gasteiger partial charge < -0.3 is 19.7 Å². The van der Waals surface area contributed by atoms with Crippen molar-refractivity contribution >= 4 is 5.96 Å². The topological polar surface area (TPSA) is 59.0 Å². The highest BCUT2D eigenvalue weighted by atomic mass is 16.5. The average Bonchev–Trinajstić information content (AvgIpc) is 2.66. The molecular weight excluding hydrogens is 316 g/mol. The van der Waals surface area contributed by atoms with Crippen LogP contribution in [0, 0.1) is 5.92 Å². The minimum Gasteiger partial charge on any atom is -0.477 e. The summed E-state index contributed by atoms with van der Waals surface area (Å²) in [4.78, 5) is 10.9. The molecule has 0 aliphatic carbocycles. The smallest absolute Gasteiger partial charge is 0.218 e. The molecule has 1 aliphatic rings. The van der Waals surface area contributed by atoms with Crippen molar-refractivity contribution in [2.24, 2.45) is 10.9 Å². The maximum absolute atomic E-state index is 5.72. The van der Waals surface area contributed by atoms with E-state index in [0.717, 1.165) is 43.6 Å². The van der Waals surface area contributed by atoms with Crippen LogP contribution in [0.5, 0.6) is 5.88 Å². The molecule has 1 fully saturated rings. The Hall–Kier alpha value is -1.82. The summed E-state index contributed by atoms with van der Waals surface area (Å²) >= 11 is 0. The van der Waals surface area contributed by atoms with E-state index in [1.165, 1.54) is 19.3 Å². The summed E-state index contributed by atoms with van der Waals surface area (Å²) in [7, 11) is 3.91. The van der Waals surface area contributed by atoms with Crippen LogP contribution in [-0.2, 0) is 11.3 Å². The standard InChI is InChI=1S/C19H32N4O2/c1-4-12-25-18-17(6-5-10-21-18)15-22-19(20-2)23(3)11-7-16-8-13-24-14-9-16/h5-6,10,16H,4,7-9,11-15H2,1-3H3,(H,20,22). The lowest BCUT2D eigenvalue weighted by Gasteiger charge is -2.27. The van der Waals surface area contributed by atoms with Crippen LogP contribution in [0.25, 0.3) is 0 Å². The van der Waals surface area contributed by atoms with Crippen molar-refractivity contribution in [3.63, 3.8) is 0 Å². The molecule has 1 aromatic rings. The predicted octanol–water partition coefficient (Wildman–Crippen LogP) is 2.69. The van der Waals surface area contributed by atoms with Crippen molar-refractivity contribution in [3.8, 4) is 5.88 Å². The van der Waals surface area contributed by atoms with Gasteiger partial charge in [0, 0.05) is 52.2 Å². The van der Waals surface area contributed by atoms with Crippen LogP contribution in [-0.4, -0.2) is 56.3 Å². The number of rotatable bonds is 8. The molecule has 25 heavy (non-hydrogen) atoms. The van der Waals surface area contributed by atoms with Crippen molar-refractivity contribution in [1.82, 2.24) is 15.2 Å². The Morgan fingerprint density at radius 1 is 1.44 bits per heavy atom. The molecule has 0 aromatic carbocycles. The lowest BCUT2D eigenvalue weighted by Crippen LogP contribution is -2.39. The predicted molar refractivity (Wildman–Crippen MR) is 101 cm³/mol. The molecular formula is C19H32N4O2. The Kier molecular flexibility index (Phi) is 8.52. The summed E-state index contributed by atoms with van der Waals surface area (Å²) in [6.45, 7) is 6.24. The summed E-state index contributed by atoms with van der Waals surface area (Å²) in [5.41, 5.74) is 1.05. The minimum absolute atomic E-state index is 0.654. The summed E-state index contributed by atoms with van der Waals surface area (Å²) in [5.74, 6) is 2.37. The number of guanidine groups is 1. The van der Waals surface area contributed by atoms with E-state index in [1.54, 1.807) is 6.20 Å². The highest BCUT2D eigenvalue weighted by molar-refractivity contribution is 5.79. The fraction of sp³-hybridized carbons (Fsp3) is 0.684. The Bertz CT molecular complexity index is 530. The summed E-state index contributed by atoms with van der Waals surface area (Å²) in [5, 5.41) is 3.42. The van der Waals surface area contributed by atoms with Crippen molar-refractivity contribution in [2.45, 2.75) is 39.2 Å². The summed E-state index contributed by atoms with van der Waals surface area (Å²) in [6, 6.07) is 3.98. The van der Waals surface area contributed by atoms with Crippen LogP contribution in [0.1, 0.15) is 38.2 Å². The summed E-state index contributed by atoms with van der Waals surface area (Å²) < 4.78 is 11.2. The lowest BCUT2D eigenvalue weighted by atomic mass is 9.96. The lowest BCUT2D eigenvalue weighted by molar-refractivity contribution is 0.0625. The SMILES string of the molecule is CCCOc1ncccc1CNC(=NC)N(C)CCC1CCOCC1. The van der Waals surface area contributed by atoms with Crippen LogP contribution in [0.4, 0.5) is 0 Å². The molecule has 1 aliphatic heterocycles. The van der Waals surface area contributed by atoms with Crippen molar-refractivity contribution < 1.29 is 9.47 Å². The second-order valence-electron chi connectivity index (χ2n) is 6.48. The molecule has 0 unspecified atom stereocenters. The maximum atomic E-state index is 5.72. The van der Waals surface area contributed by atoms with Gasteiger partial charge in [0.1, 0.15) is 0 Å². The van der Waals surface area contributed by atoms with Gasteiger partial charge in [0.25, 0.3) is 0 Å². The first-order valence-corrected chi connectivity index (χ1v) is 9.30. The fourth-order valence-electron chi connectivity index (χ4n) is 2.96. The number of hydrogen-bond donors (Lipinski definition) is 1. The second kappa shape index (κ2) is 10.9. The number of pyridine rings is 1. The zero-order valence-electron chi connectivity index (χ0n) is 15.8. The molecule has 2 heterocycles. The van der Waals surface area contributed by atoms with Gasteiger partial charge in [0.05, 0.1) is 6.61 Å². The second-order valence-corrected chi connectivity index (χ2v) is 6.48. The fourth-order valence-corrected chi connectivity index (χ4v) is 2.96. The van der Waals surface area contributed by atoms with Gasteiger partial charge in [-0.2, -0.15) is 0 Å². The number of aliphatic imine (C=N–C) groups is 1. The molecule has 2 rings (SSSR count). The molecule has 0 radical (unpaired) electrons. The molecule has 0 atom stereocenters. The monoisotopic (exact) mass is 348 g/mol. The average molecular weight is 348 g/mol. The maximum Gasteiger partial charge on any atom is 0.218 e.